The van der Waals surface area contributed by atoms with Gasteiger partial charge in [0.25, 0.3) is 0 Å². The first kappa shape index (κ1) is 19.2. The normalized spacial score (nSPS) is 10.3. The predicted molar refractivity (Wildman–Crippen MR) is 101 cm³/mol. The third kappa shape index (κ3) is 5.47. The first-order chi connectivity index (χ1) is 12.4. The topological polar surface area (TPSA) is 83.6 Å². The fraction of sp³-hybridized carbons (Fsp3) is 0.316. The molecule has 0 aliphatic rings. The number of ether oxygens (including phenoxy) is 1. The van der Waals surface area contributed by atoms with Crippen LogP contribution in [0.3, 0.4) is 0 Å². The molecule has 138 valence electrons. The standard InChI is InChI=1S/C19H24N4O3/c1-13(2)21-19(25)22-16-9-5-7-14(11-16)18(24)26-12-15-8-6-10-20-17(15)23(3)4/h5-11,13H,12H2,1-4H3,(H2,21,22,25). The van der Waals surface area contributed by atoms with Gasteiger partial charge in [0.15, 0.2) is 0 Å². The Bertz CT molecular complexity index is 775. The number of esters is 1. The number of hydrogen-bond acceptors (Lipinski definition) is 5. The van der Waals surface area contributed by atoms with Crippen molar-refractivity contribution in [3.05, 3.63) is 53.7 Å². The van der Waals surface area contributed by atoms with Crippen LogP contribution >= 0.6 is 0 Å². The van der Waals surface area contributed by atoms with Crippen molar-refractivity contribution in [1.29, 1.82) is 0 Å². The van der Waals surface area contributed by atoms with Gasteiger partial charge in [0, 0.05) is 37.6 Å². The number of urea groups is 1. The third-order valence-electron chi connectivity index (χ3n) is 3.43. The van der Waals surface area contributed by atoms with Gasteiger partial charge < -0.3 is 20.3 Å². The molecule has 0 radical (unpaired) electrons. The molecule has 2 aromatic rings. The number of pyridine rings is 1. The highest BCUT2D eigenvalue weighted by molar-refractivity contribution is 5.94. The van der Waals surface area contributed by atoms with E-state index in [4.69, 9.17) is 4.74 Å². The van der Waals surface area contributed by atoms with E-state index in [9.17, 15) is 9.59 Å². The van der Waals surface area contributed by atoms with E-state index in [0.717, 1.165) is 11.4 Å². The van der Waals surface area contributed by atoms with Crippen LogP contribution < -0.4 is 15.5 Å². The van der Waals surface area contributed by atoms with Crippen LogP contribution in [0.5, 0.6) is 0 Å². The molecule has 26 heavy (non-hydrogen) atoms. The molecule has 1 aromatic carbocycles. The number of nitrogens with one attached hydrogen (secondary N) is 2. The smallest absolute Gasteiger partial charge is 0.338 e. The molecule has 1 heterocycles. The first-order valence-electron chi connectivity index (χ1n) is 8.32. The highest BCUT2D eigenvalue weighted by Gasteiger charge is 2.12. The van der Waals surface area contributed by atoms with E-state index in [1.807, 2.05) is 38.9 Å². The number of benzene rings is 1. The van der Waals surface area contributed by atoms with E-state index >= 15 is 0 Å². The van der Waals surface area contributed by atoms with E-state index in [1.54, 1.807) is 36.5 Å². The third-order valence-corrected chi connectivity index (χ3v) is 3.43. The second-order valence-corrected chi connectivity index (χ2v) is 6.29. The summed E-state index contributed by atoms with van der Waals surface area (Å²) in [5.74, 6) is 0.285. The Morgan fingerprint density at radius 1 is 1.19 bits per heavy atom. The lowest BCUT2D eigenvalue weighted by molar-refractivity contribution is 0.0473. The van der Waals surface area contributed by atoms with E-state index in [-0.39, 0.29) is 18.7 Å². The number of nitrogens with zero attached hydrogens (tertiary/aromatic N) is 2. The summed E-state index contributed by atoms with van der Waals surface area (Å²) in [4.78, 5) is 30.2. The largest absolute Gasteiger partial charge is 0.457 e. The van der Waals surface area contributed by atoms with Crippen molar-refractivity contribution < 1.29 is 14.3 Å². The van der Waals surface area contributed by atoms with E-state index in [1.165, 1.54) is 0 Å². The summed E-state index contributed by atoms with van der Waals surface area (Å²) in [6.07, 6.45) is 1.69. The van der Waals surface area contributed by atoms with Crippen LogP contribution in [0.1, 0.15) is 29.8 Å². The Morgan fingerprint density at radius 3 is 2.65 bits per heavy atom. The molecule has 0 atom stereocenters. The number of hydrogen-bond donors (Lipinski definition) is 2. The summed E-state index contributed by atoms with van der Waals surface area (Å²) in [5, 5.41) is 5.42. The molecule has 0 saturated heterocycles. The van der Waals surface area contributed by atoms with Crippen molar-refractivity contribution in [2.24, 2.45) is 0 Å². The van der Waals surface area contributed by atoms with Crippen LogP contribution in [0.25, 0.3) is 0 Å². The van der Waals surface area contributed by atoms with Crippen LogP contribution in [0.2, 0.25) is 0 Å². The van der Waals surface area contributed by atoms with Crippen molar-refractivity contribution in [2.75, 3.05) is 24.3 Å². The Labute approximate surface area is 153 Å². The van der Waals surface area contributed by atoms with Gasteiger partial charge in [-0.25, -0.2) is 14.6 Å². The van der Waals surface area contributed by atoms with Crippen molar-refractivity contribution in [2.45, 2.75) is 26.5 Å². The Hall–Kier alpha value is -3.09. The molecule has 7 nitrogen and oxygen atoms in total. The molecular formula is C19H24N4O3. The minimum atomic E-state index is -0.466. The van der Waals surface area contributed by atoms with Crippen molar-refractivity contribution in [1.82, 2.24) is 10.3 Å². The number of carbonyl (C=O) groups is 2. The molecule has 0 fully saturated rings. The molecule has 1 aromatic heterocycles. The van der Waals surface area contributed by atoms with Crippen molar-refractivity contribution in [3.63, 3.8) is 0 Å². The van der Waals surface area contributed by atoms with Gasteiger partial charge in [0.1, 0.15) is 12.4 Å². The molecule has 0 aliphatic carbocycles. The summed E-state index contributed by atoms with van der Waals surface area (Å²) < 4.78 is 5.40. The van der Waals surface area contributed by atoms with E-state index in [0.29, 0.717) is 11.3 Å². The summed E-state index contributed by atoms with van der Waals surface area (Å²) in [6.45, 7) is 3.85. The van der Waals surface area contributed by atoms with Crippen molar-refractivity contribution >= 4 is 23.5 Å². The maximum atomic E-state index is 12.3. The van der Waals surface area contributed by atoms with Gasteiger partial charge >= 0.3 is 12.0 Å². The number of carbonyl (C=O) groups excluding carboxylic acids is 2. The van der Waals surface area contributed by atoms with Crippen LogP contribution in [0, 0.1) is 0 Å². The van der Waals surface area contributed by atoms with Gasteiger partial charge in [-0.05, 0) is 38.1 Å². The Morgan fingerprint density at radius 2 is 1.96 bits per heavy atom. The van der Waals surface area contributed by atoms with E-state index in [2.05, 4.69) is 15.6 Å². The van der Waals surface area contributed by atoms with Gasteiger partial charge in [-0.2, -0.15) is 0 Å². The molecule has 0 bridgehead atoms. The van der Waals surface area contributed by atoms with Gasteiger partial charge in [0.05, 0.1) is 5.56 Å². The number of anilines is 2. The maximum Gasteiger partial charge on any atom is 0.338 e. The molecule has 7 heteroatoms. The lowest BCUT2D eigenvalue weighted by Gasteiger charge is -2.15. The molecule has 2 N–H and O–H groups in total. The van der Waals surface area contributed by atoms with Gasteiger partial charge in [0.2, 0.25) is 0 Å². The van der Waals surface area contributed by atoms with Crippen LogP contribution in [-0.4, -0.2) is 37.1 Å². The Balaban J connectivity index is 2.02. The van der Waals surface area contributed by atoms with Gasteiger partial charge in [-0.1, -0.05) is 12.1 Å². The Kier molecular flexibility index (Phi) is 6.54. The first-order valence-corrected chi connectivity index (χ1v) is 8.32. The minimum Gasteiger partial charge on any atom is -0.457 e. The molecule has 2 rings (SSSR count). The molecule has 0 unspecified atom stereocenters. The molecule has 0 aliphatic heterocycles. The molecular weight excluding hydrogens is 332 g/mol. The highest BCUT2D eigenvalue weighted by Crippen LogP contribution is 2.17. The highest BCUT2D eigenvalue weighted by atomic mass is 16.5. The number of rotatable bonds is 6. The lowest BCUT2D eigenvalue weighted by Crippen LogP contribution is -2.34. The quantitative estimate of drug-likeness (QED) is 0.777. The van der Waals surface area contributed by atoms with Crippen LogP contribution in [0.15, 0.2) is 42.6 Å². The molecule has 2 amide bonds. The average Bonchev–Trinajstić information content (AvgIpc) is 2.59. The molecule has 0 saturated carbocycles. The number of amides is 2. The van der Waals surface area contributed by atoms with Crippen molar-refractivity contribution in [3.8, 4) is 0 Å². The van der Waals surface area contributed by atoms with Crippen LogP contribution in [-0.2, 0) is 11.3 Å². The fourth-order valence-electron chi connectivity index (χ4n) is 2.33. The minimum absolute atomic E-state index is 0.0218. The zero-order valence-corrected chi connectivity index (χ0v) is 15.4. The predicted octanol–water partition coefficient (Wildman–Crippen LogP) is 3.03. The van der Waals surface area contributed by atoms with Gasteiger partial charge in [-0.15, -0.1) is 0 Å². The fourth-order valence-corrected chi connectivity index (χ4v) is 2.33. The van der Waals surface area contributed by atoms with Crippen LogP contribution in [0.4, 0.5) is 16.3 Å². The molecule has 0 spiro atoms. The zero-order valence-electron chi connectivity index (χ0n) is 15.4. The summed E-state index contributed by atoms with van der Waals surface area (Å²) in [6, 6.07) is 9.99. The summed E-state index contributed by atoms with van der Waals surface area (Å²) in [5.41, 5.74) is 1.70. The second-order valence-electron chi connectivity index (χ2n) is 6.29. The second kappa shape index (κ2) is 8.84. The summed E-state index contributed by atoms with van der Waals surface area (Å²) >= 11 is 0. The van der Waals surface area contributed by atoms with E-state index < -0.39 is 5.97 Å². The number of aromatic nitrogens is 1. The SMILES string of the molecule is CC(C)NC(=O)Nc1cccc(C(=O)OCc2cccnc2N(C)C)c1. The monoisotopic (exact) mass is 356 g/mol. The van der Waals surface area contributed by atoms with Gasteiger partial charge in [-0.3, -0.25) is 0 Å². The lowest BCUT2D eigenvalue weighted by atomic mass is 10.2. The maximum absolute atomic E-state index is 12.3. The average molecular weight is 356 g/mol. The summed E-state index contributed by atoms with van der Waals surface area (Å²) in [7, 11) is 3.76. The zero-order chi connectivity index (χ0) is 19.1.